The second kappa shape index (κ2) is 10.2. The van der Waals surface area contributed by atoms with Crippen LogP contribution in [0.5, 0.6) is 0 Å². The number of carboxylic acids is 1. The van der Waals surface area contributed by atoms with E-state index in [4.69, 9.17) is 0 Å². The van der Waals surface area contributed by atoms with E-state index in [0.29, 0.717) is 10.8 Å². The summed E-state index contributed by atoms with van der Waals surface area (Å²) in [4.78, 5) is 20.1. The zero-order valence-electron chi connectivity index (χ0n) is 19.8. The summed E-state index contributed by atoms with van der Waals surface area (Å²) in [5, 5.41) is 13.5. The fourth-order valence-corrected chi connectivity index (χ4v) is 5.54. The fourth-order valence-electron chi connectivity index (χ4n) is 4.67. The van der Waals surface area contributed by atoms with Crippen molar-refractivity contribution in [3.05, 3.63) is 57.0 Å². The molecule has 0 saturated carbocycles. The summed E-state index contributed by atoms with van der Waals surface area (Å²) in [7, 11) is 0. The molecule has 4 rings (SSSR count). The van der Waals surface area contributed by atoms with Crippen molar-refractivity contribution in [3.63, 3.8) is 0 Å². The largest absolute Gasteiger partial charge is 0.477 e. The smallest absolute Gasteiger partial charge is 0.346 e. The second-order valence-electron chi connectivity index (χ2n) is 10.0. The number of hydrogen-bond donors (Lipinski definition) is 2. The molecule has 0 aliphatic carbocycles. The van der Waals surface area contributed by atoms with Gasteiger partial charge in [0.1, 0.15) is 4.88 Å². The van der Waals surface area contributed by atoms with E-state index in [9.17, 15) is 9.90 Å². The first-order valence-corrected chi connectivity index (χ1v) is 12.6. The lowest BCUT2D eigenvalue weighted by atomic mass is 9.81. The van der Waals surface area contributed by atoms with Gasteiger partial charge >= 0.3 is 5.97 Å². The van der Waals surface area contributed by atoms with Gasteiger partial charge in [0, 0.05) is 43.0 Å². The molecule has 33 heavy (non-hydrogen) atoms. The monoisotopic (exact) mass is 463 g/mol. The first-order valence-electron chi connectivity index (χ1n) is 11.7. The van der Waals surface area contributed by atoms with E-state index in [1.807, 2.05) is 18.5 Å². The molecule has 2 aliphatic rings. The van der Waals surface area contributed by atoms with Gasteiger partial charge in [-0.05, 0) is 93.9 Å². The third-order valence-electron chi connectivity index (χ3n) is 6.26. The number of aromatic nitrogens is 1. The highest BCUT2D eigenvalue weighted by Crippen LogP contribution is 2.39. The molecule has 0 bridgehead atoms. The van der Waals surface area contributed by atoms with Gasteiger partial charge in [-0.2, -0.15) is 0 Å². The molecule has 2 aromatic heterocycles. The number of pyridine rings is 1. The third kappa shape index (κ3) is 6.11. The van der Waals surface area contributed by atoms with Crippen molar-refractivity contribution in [1.82, 2.24) is 15.2 Å². The molecule has 174 valence electrons. The van der Waals surface area contributed by atoms with Crippen LogP contribution in [-0.2, 0) is 6.54 Å². The first kappa shape index (κ1) is 23.7. The average molecular weight is 464 g/mol. The maximum absolute atomic E-state index is 12.2. The van der Waals surface area contributed by atoms with E-state index in [-0.39, 0.29) is 5.41 Å². The summed E-state index contributed by atoms with van der Waals surface area (Å²) in [6, 6.07) is 6.18. The van der Waals surface area contributed by atoms with E-state index in [1.54, 1.807) is 0 Å². The van der Waals surface area contributed by atoms with Crippen LogP contribution in [-0.4, -0.2) is 47.1 Å². The van der Waals surface area contributed by atoms with E-state index < -0.39 is 5.97 Å². The van der Waals surface area contributed by atoms with Crippen LogP contribution in [0.3, 0.4) is 0 Å². The van der Waals surface area contributed by atoms with Crippen LogP contribution in [0.4, 0.5) is 0 Å². The molecular weight excluding hydrogens is 430 g/mol. The zero-order chi connectivity index (χ0) is 23.4. The van der Waals surface area contributed by atoms with Crippen molar-refractivity contribution >= 4 is 22.9 Å². The Hall–Kier alpha value is -2.46. The summed E-state index contributed by atoms with van der Waals surface area (Å²) in [6.45, 7) is 11.0. The van der Waals surface area contributed by atoms with Gasteiger partial charge in [0.05, 0.1) is 4.88 Å². The highest BCUT2D eigenvalue weighted by Gasteiger charge is 2.30. The lowest BCUT2D eigenvalue weighted by Gasteiger charge is -2.36. The van der Waals surface area contributed by atoms with Crippen LogP contribution in [0.15, 0.2) is 36.2 Å². The molecule has 2 aromatic rings. The molecule has 0 spiro atoms. The van der Waals surface area contributed by atoms with Crippen LogP contribution in [0.1, 0.15) is 65.7 Å². The molecule has 0 atom stereocenters. The number of rotatable bonds is 5. The molecule has 0 radical (unpaired) electrons. The number of aromatic carboxylic acids is 1. The second-order valence-corrected chi connectivity index (χ2v) is 11.1. The lowest BCUT2D eigenvalue weighted by Crippen LogP contribution is -2.37. The molecule has 5 nitrogen and oxygen atoms in total. The number of piperidine rings is 1. The Labute approximate surface area is 200 Å². The van der Waals surface area contributed by atoms with Gasteiger partial charge in [-0.25, -0.2) is 4.79 Å². The Morgan fingerprint density at radius 2 is 2.00 bits per heavy atom. The number of hydrogen-bond acceptors (Lipinski definition) is 5. The van der Waals surface area contributed by atoms with Gasteiger partial charge in [0.25, 0.3) is 0 Å². The molecule has 4 heterocycles. The molecule has 2 N–H and O–H groups in total. The zero-order valence-corrected chi connectivity index (χ0v) is 20.6. The molecular formula is C27H33N3O2S. The van der Waals surface area contributed by atoms with E-state index >= 15 is 0 Å². The van der Waals surface area contributed by atoms with E-state index in [1.165, 1.54) is 28.0 Å². The van der Waals surface area contributed by atoms with Gasteiger partial charge in [0.15, 0.2) is 0 Å². The summed E-state index contributed by atoms with van der Waals surface area (Å²) in [5.74, 6) is 6.13. The quantitative estimate of drug-likeness (QED) is 0.618. The molecule has 2 aliphatic heterocycles. The summed E-state index contributed by atoms with van der Waals surface area (Å²) in [5.41, 5.74) is 4.70. The van der Waals surface area contributed by atoms with Crippen molar-refractivity contribution in [2.75, 3.05) is 26.2 Å². The molecule has 1 saturated heterocycles. The van der Waals surface area contributed by atoms with Gasteiger partial charge < -0.3 is 10.4 Å². The molecule has 0 unspecified atom stereocenters. The highest BCUT2D eigenvalue weighted by molar-refractivity contribution is 7.14. The topological polar surface area (TPSA) is 65.5 Å². The average Bonchev–Trinajstić information content (AvgIpc) is 3.23. The maximum Gasteiger partial charge on any atom is 0.346 e. The molecule has 1 fully saturated rings. The van der Waals surface area contributed by atoms with Gasteiger partial charge in [-0.1, -0.05) is 11.8 Å². The molecule has 0 aromatic carbocycles. The number of carbonyl (C=O) groups is 1. The van der Waals surface area contributed by atoms with E-state index in [0.717, 1.165) is 62.4 Å². The predicted octanol–water partition coefficient (Wildman–Crippen LogP) is 4.90. The fraction of sp³-hybridized carbons (Fsp3) is 0.481. The van der Waals surface area contributed by atoms with Gasteiger partial charge in [-0.3, -0.25) is 9.88 Å². The Balaban J connectivity index is 1.71. The van der Waals surface area contributed by atoms with Crippen molar-refractivity contribution < 1.29 is 9.90 Å². The van der Waals surface area contributed by atoms with Crippen LogP contribution >= 0.6 is 11.3 Å². The Kier molecular flexibility index (Phi) is 7.33. The van der Waals surface area contributed by atoms with E-state index in [2.05, 4.69) is 59.9 Å². The summed E-state index contributed by atoms with van der Waals surface area (Å²) in [6.07, 6.45) is 6.77. The Morgan fingerprint density at radius 3 is 2.67 bits per heavy atom. The minimum atomic E-state index is -0.852. The van der Waals surface area contributed by atoms with Crippen LogP contribution in [0, 0.1) is 23.2 Å². The minimum absolute atomic E-state index is 0.120. The number of carboxylic acid groups (broad SMARTS) is 1. The van der Waals surface area contributed by atoms with Crippen molar-refractivity contribution in [2.45, 2.75) is 46.6 Å². The van der Waals surface area contributed by atoms with Crippen LogP contribution < -0.4 is 5.32 Å². The van der Waals surface area contributed by atoms with Crippen molar-refractivity contribution in [2.24, 2.45) is 11.3 Å². The molecule has 6 heteroatoms. The predicted molar refractivity (Wildman–Crippen MR) is 134 cm³/mol. The normalized spacial score (nSPS) is 18.2. The number of nitrogens with zero attached hydrogens (tertiary/aromatic N) is 2. The van der Waals surface area contributed by atoms with Gasteiger partial charge in [-0.15, -0.1) is 11.3 Å². The minimum Gasteiger partial charge on any atom is -0.477 e. The maximum atomic E-state index is 12.2. The number of thiophene rings is 1. The third-order valence-corrected chi connectivity index (χ3v) is 7.30. The summed E-state index contributed by atoms with van der Waals surface area (Å²) >= 11 is 1.31. The van der Waals surface area contributed by atoms with Crippen LogP contribution in [0.2, 0.25) is 0 Å². The first-order chi connectivity index (χ1) is 15.8. The molecule has 0 amide bonds. The van der Waals surface area contributed by atoms with Gasteiger partial charge in [0.2, 0.25) is 0 Å². The van der Waals surface area contributed by atoms with Crippen molar-refractivity contribution in [1.29, 1.82) is 0 Å². The standard InChI is InChI=1S/C27H33N3O2S/c1-27(2,3)10-4-21-16-23(25(33-21)26(31)32)22-9-15-30(17-19-5-11-28-12-6-19)18-24(22)20-7-13-29-14-8-20/h5-6,11-12,16,20,29H,7-9,13-15,17-18H2,1-3H3,(H,31,32). The van der Waals surface area contributed by atoms with Crippen LogP contribution in [0.25, 0.3) is 5.57 Å². The van der Waals surface area contributed by atoms with Crippen molar-refractivity contribution in [3.8, 4) is 11.8 Å². The lowest BCUT2D eigenvalue weighted by molar-refractivity contribution is 0.0702. The highest BCUT2D eigenvalue weighted by atomic mass is 32.1. The SMILES string of the molecule is CC(C)(C)C#Cc1cc(C2=C(C3CCNCC3)CN(Cc3ccncc3)CC2)c(C(=O)O)s1. The Bertz CT molecular complexity index is 1080. The number of nitrogens with one attached hydrogen (secondary N) is 1. The Morgan fingerprint density at radius 1 is 1.27 bits per heavy atom. The summed E-state index contributed by atoms with van der Waals surface area (Å²) < 4.78 is 0.